The van der Waals surface area contributed by atoms with Gasteiger partial charge in [0.05, 0.1) is 12.2 Å². The molecule has 11 atom stereocenters. The van der Waals surface area contributed by atoms with Crippen molar-refractivity contribution in [2.75, 3.05) is 0 Å². The molecule has 4 saturated carbocycles. The minimum Gasteiger partial charge on any atom is -0.481 e. The van der Waals surface area contributed by atoms with Gasteiger partial charge in [-0.15, -0.1) is 0 Å². The summed E-state index contributed by atoms with van der Waals surface area (Å²) in [5.41, 5.74) is -0.0615. The highest BCUT2D eigenvalue weighted by atomic mass is 19.1. The number of carboxylic acid groups (broad SMARTS) is 1. The number of carbonyl (C=O) groups is 1. The summed E-state index contributed by atoms with van der Waals surface area (Å²) in [4.78, 5) is 11.0. The second-order valence-corrected chi connectivity index (χ2v) is 11.4. The molecule has 4 aliphatic carbocycles. The Morgan fingerprint density at radius 1 is 1.03 bits per heavy atom. The molecule has 4 rings (SSSR count). The van der Waals surface area contributed by atoms with E-state index in [-0.39, 0.29) is 29.1 Å². The highest BCUT2D eigenvalue weighted by Gasteiger charge is 2.65. The zero-order chi connectivity index (χ0) is 21.1. The molecule has 5 heteroatoms. The molecule has 0 aromatic rings. The molecule has 0 heterocycles. The summed E-state index contributed by atoms with van der Waals surface area (Å²) in [7, 11) is 0. The summed E-state index contributed by atoms with van der Waals surface area (Å²) in [5, 5.41) is 30.4. The van der Waals surface area contributed by atoms with Crippen molar-refractivity contribution in [2.45, 2.75) is 96.9 Å². The maximum absolute atomic E-state index is 15.5. The number of hydrogen-bond acceptors (Lipinski definition) is 3. The van der Waals surface area contributed by atoms with Crippen molar-refractivity contribution in [1.82, 2.24) is 0 Å². The van der Waals surface area contributed by atoms with Crippen LogP contribution in [0.15, 0.2) is 0 Å². The first-order chi connectivity index (χ1) is 13.6. The summed E-state index contributed by atoms with van der Waals surface area (Å²) < 4.78 is 15.5. The number of halogens is 1. The number of carboxylic acids is 1. The number of aliphatic hydroxyl groups is 2. The second-order valence-electron chi connectivity index (χ2n) is 11.4. The van der Waals surface area contributed by atoms with Crippen LogP contribution in [0.3, 0.4) is 0 Å². The summed E-state index contributed by atoms with van der Waals surface area (Å²) in [6.07, 6.45) is 4.57. The van der Waals surface area contributed by atoms with Crippen LogP contribution in [0.4, 0.5) is 4.39 Å². The Hall–Kier alpha value is -0.680. The first-order valence-electron chi connectivity index (χ1n) is 11.8. The number of aliphatic hydroxyl groups excluding tert-OH is 2. The van der Waals surface area contributed by atoms with Gasteiger partial charge in [-0.1, -0.05) is 20.8 Å². The first-order valence-corrected chi connectivity index (χ1v) is 11.8. The third-order valence-corrected chi connectivity index (χ3v) is 10.2. The number of rotatable bonds is 4. The van der Waals surface area contributed by atoms with E-state index in [9.17, 15) is 15.0 Å². The quantitative estimate of drug-likeness (QED) is 0.641. The van der Waals surface area contributed by atoms with Crippen LogP contribution in [0.1, 0.15) is 78.6 Å². The Kier molecular flexibility index (Phi) is 5.55. The Morgan fingerprint density at radius 3 is 2.38 bits per heavy atom. The van der Waals surface area contributed by atoms with Gasteiger partial charge < -0.3 is 15.3 Å². The van der Waals surface area contributed by atoms with Crippen molar-refractivity contribution in [2.24, 2.45) is 46.3 Å². The molecule has 0 saturated heterocycles. The molecule has 0 aliphatic heterocycles. The van der Waals surface area contributed by atoms with Crippen LogP contribution >= 0.6 is 0 Å². The minimum atomic E-state index is -1.25. The van der Waals surface area contributed by atoms with Gasteiger partial charge in [0.25, 0.3) is 0 Å². The van der Waals surface area contributed by atoms with E-state index in [2.05, 4.69) is 20.8 Å². The zero-order valence-electron chi connectivity index (χ0n) is 18.2. The lowest BCUT2D eigenvalue weighted by Crippen LogP contribution is -2.63. The van der Waals surface area contributed by atoms with E-state index in [0.29, 0.717) is 36.5 Å². The number of aliphatic carboxylic acids is 1. The molecule has 0 aromatic carbocycles. The first kappa shape index (κ1) is 21.5. The zero-order valence-corrected chi connectivity index (χ0v) is 18.2. The van der Waals surface area contributed by atoms with Gasteiger partial charge >= 0.3 is 5.97 Å². The lowest BCUT2D eigenvalue weighted by molar-refractivity contribution is -0.206. The molecule has 0 spiro atoms. The standard InChI is InChI=1S/C24H39FO4/c1-13(4-7-19(27)28)15-5-6-16-20-17(9-11-23(15,16)2)24(3)10-8-14(26)12-18(24)21(25)22(20)29/h13-18,20-22,26,29H,4-12H2,1-3H3,(H,27,28)/t13-,14-,15?,16+,17+,18?,20+,21+,22+,23-,24-/m1/s1. The number of fused-ring (bicyclic) bond motifs is 5. The van der Waals surface area contributed by atoms with Gasteiger partial charge in [-0.05, 0) is 91.8 Å². The Balaban J connectivity index is 1.59. The summed E-state index contributed by atoms with van der Waals surface area (Å²) >= 11 is 0. The van der Waals surface area contributed by atoms with Gasteiger partial charge in [-0.3, -0.25) is 4.79 Å². The average molecular weight is 411 g/mol. The Labute approximate surface area is 174 Å². The van der Waals surface area contributed by atoms with Crippen LogP contribution in [0.25, 0.3) is 0 Å². The fraction of sp³-hybridized carbons (Fsp3) is 0.958. The Bertz CT molecular complexity index is 640. The van der Waals surface area contributed by atoms with Crippen molar-refractivity contribution in [1.29, 1.82) is 0 Å². The van der Waals surface area contributed by atoms with Gasteiger partial charge in [-0.25, -0.2) is 4.39 Å². The average Bonchev–Trinajstić information content (AvgIpc) is 3.02. The lowest BCUT2D eigenvalue weighted by atomic mass is 9.43. The lowest BCUT2D eigenvalue weighted by Gasteiger charge is -2.63. The predicted octanol–water partition coefficient (Wildman–Crippen LogP) is 4.43. The third-order valence-electron chi connectivity index (χ3n) is 10.2. The van der Waals surface area contributed by atoms with E-state index in [0.717, 1.165) is 38.5 Å². The van der Waals surface area contributed by atoms with Crippen LogP contribution in [0.5, 0.6) is 0 Å². The summed E-state index contributed by atoms with van der Waals surface area (Å²) in [5.74, 6) is 0.464. The van der Waals surface area contributed by atoms with Crippen molar-refractivity contribution in [3.8, 4) is 0 Å². The van der Waals surface area contributed by atoms with E-state index in [1.807, 2.05) is 0 Å². The van der Waals surface area contributed by atoms with Gasteiger partial charge in [0.2, 0.25) is 0 Å². The Morgan fingerprint density at radius 2 is 1.69 bits per heavy atom. The number of hydrogen-bond donors (Lipinski definition) is 3. The summed E-state index contributed by atoms with van der Waals surface area (Å²) in [6.45, 7) is 6.74. The smallest absolute Gasteiger partial charge is 0.303 e. The molecule has 4 aliphatic rings. The summed E-state index contributed by atoms with van der Waals surface area (Å²) in [6, 6.07) is 0. The van der Waals surface area contributed by atoms with Crippen LogP contribution in [0, 0.1) is 46.3 Å². The topological polar surface area (TPSA) is 77.8 Å². The molecular formula is C24H39FO4. The molecule has 29 heavy (non-hydrogen) atoms. The van der Waals surface area contributed by atoms with E-state index in [1.54, 1.807) is 0 Å². The molecule has 0 amide bonds. The van der Waals surface area contributed by atoms with Crippen molar-refractivity contribution in [3.05, 3.63) is 0 Å². The van der Waals surface area contributed by atoms with Gasteiger partial charge in [0.1, 0.15) is 6.17 Å². The van der Waals surface area contributed by atoms with Gasteiger partial charge in [0.15, 0.2) is 0 Å². The number of alkyl halides is 1. The molecule has 3 N–H and O–H groups in total. The van der Waals surface area contributed by atoms with E-state index in [4.69, 9.17) is 5.11 Å². The fourth-order valence-corrected chi connectivity index (χ4v) is 8.72. The SMILES string of the molecule is C[C@H](CCC(=O)O)C1CC[C@H]2[C@@H]3[C@H](O)[C@@H](F)C4C[C@H](O)CC[C@]4(C)[C@H]3CC[C@]12C. The van der Waals surface area contributed by atoms with E-state index < -0.39 is 24.3 Å². The van der Waals surface area contributed by atoms with Crippen LogP contribution in [-0.2, 0) is 4.79 Å². The molecule has 0 radical (unpaired) electrons. The molecule has 4 nitrogen and oxygen atoms in total. The highest BCUT2D eigenvalue weighted by Crippen LogP contribution is 2.68. The van der Waals surface area contributed by atoms with Crippen LogP contribution in [-0.4, -0.2) is 39.7 Å². The molecule has 4 fully saturated rings. The molecular weight excluding hydrogens is 371 g/mol. The molecule has 0 aromatic heterocycles. The van der Waals surface area contributed by atoms with Crippen LogP contribution < -0.4 is 0 Å². The normalized spacial score (nSPS) is 52.9. The van der Waals surface area contributed by atoms with Crippen molar-refractivity contribution in [3.63, 3.8) is 0 Å². The van der Waals surface area contributed by atoms with Gasteiger partial charge in [-0.2, -0.15) is 0 Å². The minimum absolute atomic E-state index is 0.00285. The maximum Gasteiger partial charge on any atom is 0.303 e. The van der Waals surface area contributed by atoms with Crippen molar-refractivity contribution >= 4 is 5.97 Å². The van der Waals surface area contributed by atoms with E-state index >= 15 is 4.39 Å². The highest BCUT2D eigenvalue weighted by molar-refractivity contribution is 5.66. The van der Waals surface area contributed by atoms with E-state index in [1.165, 1.54) is 0 Å². The third kappa shape index (κ3) is 3.26. The van der Waals surface area contributed by atoms with Crippen molar-refractivity contribution < 1.29 is 24.5 Å². The van der Waals surface area contributed by atoms with Crippen LogP contribution in [0.2, 0.25) is 0 Å². The molecule has 0 bridgehead atoms. The van der Waals surface area contributed by atoms with Gasteiger partial charge in [0, 0.05) is 12.3 Å². The molecule has 2 unspecified atom stereocenters. The largest absolute Gasteiger partial charge is 0.481 e. The predicted molar refractivity (Wildman–Crippen MR) is 109 cm³/mol. The molecule has 166 valence electrons. The monoisotopic (exact) mass is 410 g/mol. The fourth-order valence-electron chi connectivity index (χ4n) is 8.72. The maximum atomic E-state index is 15.5. The second kappa shape index (κ2) is 7.47.